The van der Waals surface area contributed by atoms with Gasteiger partial charge in [-0.2, -0.15) is 0 Å². The zero-order valence-electron chi connectivity index (χ0n) is 15.6. The fourth-order valence-electron chi connectivity index (χ4n) is 2.08. The Morgan fingerprint density at radius 3 is 2.52 bits per heavy atom. The van der Waals surface area contributed by atoms with Crippen LogP contribution in [-0.2, 0) is 9.47 Å². The molecule has 6 nitrogen and oxygen atoms in total. The van der Waals surface area contributed by atoms with E-state index in [4.69, 9.17) is 14.2 Å². The Bertz CT molecular complexity index is 446. The Kier molecular flexibility index (Phi) is 15.7. The van der Waals surface area contributed by atoms with Gasteiger partial charge >= 0.3 is 0 Å². The number of aliphatic imine (C=N–C) groups is 1. The van der Waals surface area contributed by atoms with Crippen molar-refractivity contribution >= 4 is 29.9 Å². The molecule has 1 N–H and O–H groups in total. The standard InChI is InChI=1S/C18H31N3O3.HI/c1-19-18(20-11-7-8-13-23-16-15-22-3)21(2)12-14-24-17-9-5-4-6-10-17;/h4-6,9-10H,7-8,11-16H2,1-3H3,(H,19,20);1H. The van der Waals surface area contributed by atoms with Crippen LogP contribution in [0, 0.1) is 0 Å². The minimum Gasteiger partial charge on any atom is -0.492 e. The number of hydrogen-bond acceptors (Lipinski definition) is 4. The van der Waals surface area contributed by atoms with Crippen LogP contribution in [0.3, 0.4) is 0 Å². The van der Waals surface area contributed by atoms with Crippen LogP contribution in [0.15, 0.2) is 35.3 Å². The van der Waals surface area contributed by atoms with Gasteiger partial charge in [-0.1, -0.05) is 18.2 Å². The van der Waals surface area contributed by atoms with E-state index < -0.39 is 0 Å². The van der Waals surface area contributed by atoms with Crippen molar-refractivity contribution < 1.29 is 14.2 Å². The number of unbranched alkanes of at least 4 members (excludes halogenated alkanes) is 1. The second kappa shape index (κ2) is 16.4. The van der Waals surface area contributed by atoms with Gasteiger partial charge in [0.1, 0.15) is 12.4 Å². The number of guanidine groups is 1. The summed E-state index contributed by atoms with van der Waals surface area (Å²) in [5, 5.41) is 3.36. The van der Waals surface area contributed by atoms with E-state index >= 15 is 0 Å². The summed E-state index contributed by atoms with van der Waals surface area (Å²) in [5.41, 5.74) is 0. The molecule has 0 saturated heterocycles. The molecule has 0 aliphatic carbocycles. The fraction of sp³-hybridized carbons (Fsp3) is 0.611. The van der Waals surface area contributed by atoms with Crippen molar-refractivity contribution in [2.75, 3.05) is 60.7 Å². The summed E-state index contributed by atoms with van der Waals surface area (Å²) in [6.07, 6.45) is 2.06. The van der Waals surface area contributed by atoms with Gasteiger partial charge < -0.3 is 24.4 Å². The van der Waals surface area contributed by atoms with Gasteiger partial charge in [-0.15, -0.1) is 24.0 Å². The topological polar surface area (TPSA) is 55.3 Å². The summed E-state index contributed by atoms with van der Waals surface area (Å²) in [6.45, 7) is 4.36. The minimum atomic E-state index is 0. The van der Waals surface area contributed by atoms with Gasteiger partial charge in [0.15, 0.2) is 5.96 Å². The molecule has 1 rings (SSSR count). The van der Waals surface area contributed by atoms with Crippen molar-refractivity contribution in [1.82, 2.24) is 10.2 Å². The summed E-state index contributed by atoms with van der Waals surface area (Å²) in [7, 11) is 5.49. The highest BCUT2D eigenvalue weighted by Gasteiger charge is 2.05. The highest BCUT2D eigenvalue weighted by Crippen LogP contribution is 2.07. The Hall–Kier alpha value is -1.06. The summed E-state index contributed by atoms with van der Waals surface area (Å²) < 4.78 is 16.1. The summed E-state index contributed by atoms with van der Waals surface area (Å²) in [6, 6.07) is 9.84. The number of halogens is 1. The normalized spacial score (nSPS) is 10.9. The molecule has 0 atom stereocenters. The van der Waals surface area contributed by atoms with E-state index in [1.807, 2.05) is 37.4 Å². The molecule has 144 valence electrons. The van der Waals surface area contributed by atoms with Crippen molar-refractivity contribution in [1.29, 1.82) is 0 Å². The smallest absolute Gasteiger partial charge is 0.193 e. The second-order valence-electron chi connectivity index (χ2n) is 5.37. The second-order valence-corrected chi connectivity index (χ2v) is 5.37. The lowest BCUT2D eigenvalue weighted by Gasteiger charge is -2.22. The van der Waals surface area contributed by atoms with Gasteiger partial charge in [-0.05, 0) is 25.0 Å². The first-order valence-electron chi connectivity index (χ1n) is 8.44. The summed E-state index contributed by atoms with van der Waals surface area (Å²) in [4.78, 5) is 6.37. The lowest BCUT2D eigenvalue weighted by molar-refractivity contribution is 0.0689. The molecule has 0 unspecified atom stereocenters. The molecule has 0 fully saturated rings. The van der Waals surface area contributed by atoms with E-state index in [0.717, 1.165) is 44.2 Å². The van der Waals surface area contributed by atoms with Gasteiger partial charge in [0.2, 0.25) is 0 Å². The van der Waals surface area contributed by atoms with Crippen LogP contribution in [0.2, 0.25) is 0 Å². The zero-order valence-corrected chi connectivity index (χ0v) is 17.9. The van der Waals surface area contributed by atoms with Crippen LogP contribution < -0.4 is 10.1 Å². The first-order valence-corrected chi connectivity index (χ1v) is 8.44. The summed E-state index contributed by atoms with van der Waals surface area (Å²) >= 11 is 0. The molecule has 25 heavy (non-hydrogen) atoms. The minimum absolute atomic E-state index is 0. The number of nitrogens with zero attached hydrogens (tertiary/aromatic N) is 2. The predicted octanol–water partition coefficient (Wildman–Crippen LogP) is 2.63. The largest absolute Gasteiger partial charge is 0.492 e. The van der Waals surface area contributed by atoms with Crippen molar-refractivity contribution in [2.45, 2.75) is 12.8 Å². The maximum Gasteiger partial charge on any atom is 0.193 e. The van der Waals surface area contributed by atoms with E-state index in [2.05, 4.69) is 15.2 Å². The molecular weight excluding hydrogens is 433 g/mol. The van der Waals surface area contributed by atoms with Crippen molar-refractivity contribution in [3.05, 3.63) is 30.3 Å². The predicted molar refractivity (Wildman–Crippen MR) is 113 cm³/mol. The SMILES string of the molecule is CN=C(NCCCCOCCOC)N(C)CCOc1ccccc1.I. The number of rotatable bonds is 12. The van der Waals surface area contributed by atoms with Crippen LogP contribution in [0.25, 0.3) is 0 Å². The van der Waals surface area contributed by atoms with E-state index in [1.54, 1.807) is 14.2 Å². The molecule has 0 bridgehead atoms. The number of methoxy groups -OCH3 is 1. The van der Waals surface area contributed by atoms with E-state index in [9.17, 15) is 0 Å². The number of ether oxygens (including phenoxy) is 3. The highest BCUT2D eigenvalue weighted by atomic mass is 127. The van der Waals surface area contributed by atoms with Gasteiger partial charge in [0.05, 0.1) is 19.8 Å². The molecule has 1 aromatic rings. The van der Waals surface area contributed by atoms with Crippen LogP contribution in [0.4, 0.5) is 0 Å². The third kappa shape index (κ3) is 12.0. The first kappa shape index (κ1) is 23.9. The molecule has 0 aromatic heterocycles. The molecule has 7 heteroatoms. The average molecular weight is 465 g/mol. The lowest BCUT2D eigenvalue weighted by Crippen LogP contribution is -2.41. The molecule has 0 amide bonds. The van der Waals surface area contributed by atoms with Crippen LogP contribution in [-0.4, -0.2) is 71.6 Å². The Labute approximate surface area is 169 Å². The molecule has 0 aliphatic rings. The quantitative estimate of drug-likeness (QED) is 0.223. The Balaban J connectivity index is 0.00000576. The number of benzene rings is 1. The number of para-hydroxylation sites is 1. The third-order valence-corrected chi connectivity index (χ3v) is 3.44. The van der Waals surface area contributed by atoms with Crippen LogP contribution in [0.5, 0.6) is 5.75 Å². The molecule has 0 spiro atoms. The maximum atomic E-state index is 5.71. The van der Waals surface area contributed by atoms with Crippen molar-refractivity contribution in [3.63, 3.8) is 0 Å². The molecule has 0 saturated carbocycles. The van der Waals surface area contributed by atoms with Crippen molar-refractivity contribution in [2.24, 2.45) is 4.99 Å². The fourth-order valence-corrected chi connectivity index (χ4v) is 2.08. The van der Waals surface area contributed by atoms with Gasteiger partial charge in [-0.25, -0.2) is 0 Å². The number of hydrogen-bond donors (Lipinski definition) is 1. The number of likely N-dealkylation sites (N-methyl/N-ethyl adjacent to an activating group) is 1. The van der Waals surface area contributed by atoms with Crippen molar-refractivity contribution in [3.8, 4) is 5.75 Å². The third-order valence-electron chi connectivity index (χ3n) is 3.44. The van der Waals surface area contributed by atoms with Crippen LogP contribution >= 0.6 is 24.0 Å². The Morgan fingerprint density at radius 1 is 1.08 bits per heavy atom. The monoisotopic (exact) mass is 465 g/mol. The molecule has 0 radical (unpaired) electrons. The zero-order chi connectivity index (χ0) is 17.5. The molecule has 1 aromatic carbocycles. The number of nitrogens with one attached hydrogen (secondary N) is 1. The lowest BCUT2D eigenvalue weighted by atomic mass is 10.3. The summed E-state index contributed by atoms with van der Waals surface area (Å²) in [5.74, 6) is 1.77. The van der Waals surface area contributed by atoms with E-state index in [0.29, 0.717) is 19.8 Å². The van der Waals surface area contributed by atoms with E-state index in [-0.39, 0.29) is 24.0 Å². The maximum absolute atomic E-state index is 5.71. The van der Waals surface area contributed by atoms with Gasteiger partial charge in [-0.3, -0.25) is 4.99 Å². The van der Waals surface area contributed by atoms with Gasteiger partial charge in [0, 0.05) is 34.4 Å². The molecular formula is C18H32IN3O3. The first-order chi connectivity index (χ1) is 11.8. The van der Waals surface area contributed by atoms with Crippen LogP contribution in [0.1, 0.15) is 12.8 Å². The van der Waals surface area contributed by atoms with Gasteiger partial charge in [0.25, 0.3) is 0 Å². The highest BCUT2D eigenvalue weighted by molar-refractivity contribution is 14.0. The van der Waals surface area contributed by atoms with E-state index in [1.165, 1.54) is 0 Å². The Morgan fingerprint density at radius 2 is 1.84 bits per heavy atom. The molecule has 0 heterocycles. The average Bonchev–Trinajstić information content (AvgIpc) is 2.61. The molecule has 0 aliphatic heterocycles.